The van der Waals surface area contributed by atoms with Crippen LogP contribution in [0.5, 0.6) is 0 Å². The van der Waals surface area contributed by atoms with Gasteiger partial charge in [-0.2, -0.15) is 0 Å². The fraction of sp³-hybridized carbons (Fsp3) is 0.455. The number of rotatable bonds is 5. The summed E-state index contributed by atoms with van der Waals surface area (Å²) in [5.41, 5.74) is 0.702. The maximum Gasteiger partial charge on any atom is 0.333 e. The molecule has 1 unspecified atom stereocenters. The maximum absolute atomic E-state index is 10.6. The minimum Gasteiger partial charge on any atom is -0.595 e. The standard InChI is InChI=1S/C6H9O4P.C5H8O2/c1-5(2)6(7)10-3-4-11(8)9;1-4(2)5(6)7-3/h1,3-4H2,2H3;1H2,2-3H3. The summed E-state index contributed by atoms with van der Waals surface area (Å²) in [6, 6.07) is 0. The van der Waals surface area contributed by atoms with Gasteiger partial charge >= 0.3 is 20.0 Å². The first-order chi connectivity index (χ1) is 8.22. The molecule has 0 spiro atoms. The second-order valence-corrected chi connectivity index (χ2v) is 4.36. The molecule has 0 rings (SSSR count). The molecule has 0 saturated heterocycles. The van der Waals surface area contributed by atoms with E-state index in [0.717, 1.165) is 0 Å². The predicted molar refractivity (Wildman–Crippen MR) is 65.1 cm³/mol. The monoisotopic (exact) mass is 276 g/mol. The fourth-order valence-corrected chi connectivity index (χ4v) is 0.751. The van der Waals surface area contributed by atoms with E-state index in [1.807, 2.05) is 0 Å². The van der Waals surface area contributed by atoms with Crippen molar-refractivity contribution < 1.29 is 28.5 Å². The first-order valence-corrected chi connectivity index (χ1v) is 6.26. The lowest BCUT2D eigenvalue weighted by atomic mass is 10.4. The SMILES string of the molecule is C=C(C)C(=O)OC.C=C(C)C(=O)OCC[P+](=O)[O-]. The van der Waals surface area contributed by atoms with E-state index in [0.29, 0.717) is 5.57 Å². The average molecular weight is 276 g/mol. The van der Waals surface area contributed by atoms with Crippen LogP contribution in [0.3, 0.4) is 0 Å². The summed E-state index contributed by atoms with van der Waals surface area (Å²) in [6.45, 7) is 9.69. The van der Waals surface area contributed by atoms with Crippen LogP contribution in [-0.4, -0.2) is 31.8 Å². The summed E-state index contributed by atoms with van der Waals surface area (Å²) in [7, 11) is -1.13. The molecule has 0 aliphatic heterocycles. The van der Waals surface area contributed by atoms with Crippen molar-refractivity contribution in [1.29, 1.82) is 0 Å². The molecule has 0 N–H and O–H groups in total. The second kappa shape index (κ2) is 10.6. The van der Waals surface area contributed by atoms with E-state index < -0.39 is 14.0 Å². The van der Waals surface area contributed by atoms with Crippen molar-refractivity contribution in [2.45, 2.75) is 13.8 Å². The highest BCUT2D eigenvalue weighted by Crippen LogP contribution is 2.05. The molecule has 0 aliphatic rings. The molecule has 7 heteroatoms. The number of esters is 2. The number of methoxy groups -OCH3 is 1. The number of carbonyl (C=O) groups excluding carboxylic acids is 2. The summed E-state index contributed by atoms with van der Waals surface area (Å²) < 4.78 is 18.7. The number of carbonyl (C=O) groups is 2. The summed E-state index contributed by atoms with van der Waals surface area (Å²) in [4.78, 5) is 30.8. The van der Waals surface area contributed by atoms with Gasteiger partial charge in [0.1, 0.15) is 6.61 Å². The molecule has 0 heterocycles. The summed E-state index contributed by atoms with van der Waals surface area (Å²) in [5.74, 6) is -0.901. The number of hydrogen-bond acceptors (Lipinski definition) is 6. The highest BCUT2D eigenvalue weighted by atomic mass is 31.1. The van der Waals surface area contributed by atoms with Crippen molar-refractivity contribution in [1.82, 2.24) is 0 Å². The molecule has 0 aromatic heterocycles. The van der Waals surface area contributed by atoms with Gasteiger partial charge in [0.15, 0.2) is 6.16 Å². The Morgan fingerprint density at radius 3 is 1.83 bits per heavy atom. The van der Waals surface area contributed by atoms with Gasteiger partial charge in [-0.1, -0.05) is 17.7 Å². The Kier molecular flexibility index (Phi) is 11.1. The third kappa shape index (κ3) is 12.5. The third-order valence-corrected chi connectivity index (χ3v) is 1.94. The van der Waals surface area contributed by atoms with Crippen LogP contribution in [-0.2, 0) is 23.6 Å². The van der Waals surface area contributed by atoms with Crippen molar-refractivity contribution in [2.75, 3.05) is 19.9 Å². The molecule has 0 radical (unpaired) electrons. The van der Waals surface area contributed by atoms with Crippen LogP contribution in [0, 0.1) is 0 Å². The van der Waals surface area contributed by atoms with Crippen LogP contribution in [0.15, 0.2) is 24.3 Å². The van der Waals surface area contributed by atoms with Crippen molar-refractivity contribution >= 4 is 20.0 Å². The van der Waals surface area contributed by atoms with Gasteiger partial charge < -0.3 is 14.4 Å². The lowest BCUT2D eigenvalue weighted by Gasteiger charge is -1.98. The molecule has 0 aliphatic carbocycles. The first kappa shape index (κ1) is 18.8. The Morgan fingerprint density at radius 2 is 1.61 bits per heavy atom. The topological polar surface area (TPSA) is 92.7 Å². The molecule has 0 bridgehead atoms. The summed E-state index contributed by atoms with van der Waals surface area (Å²) >= 11 is 0. The molecule has 6 nitrogen and oxygen atoms in total. The van der Waals surface area contributed by atoms with Gasteiger partial charge in [-0.05, 0) is 13.8 Å². The normalized spacial score (nSPS) is 9.44. The molecule has 0 amide bonds. The zero-order valence-corrected chi connectivity index (χ0v) is 11.6. The van der Waals surface area contributed by atoms with Gasteiger partial charge in [0, 0.05) is 11.1 Å². The van der Waals surface area contributed by atoms with Crippen molar-refractivity contribution in [3.05, 3.63) is 24.3 Å². The second-order valence-electron chi connectivity index (χ2n) is 3.24. The van der Waals surface area contributed by atoms with E-state index in [4.69, 9.17) is 0 Å². The average Bonchev–Trinajstić information content (AvgIpc) is 2.27. The fourth-order valence-electron chi connectivity index (χ4n) is 0.510. The van der Waals surface area contributed by atoms with Crippen LogP contribution in [0.4, 0.5) is 0 Å². The quantitative estimate of drug-likeness (QED) is 0.421. The van der Waals surface area contributed by atoms with Crippen molar-refractivity contribution in [3.8, 4) is 0 Å². The van der Waals surface area contributed by atoms with Crippen molar-refractivity contribution in [2.24, 2.45) is 0 Å². The predicted octanol–water partition coefficient (Wildman–Crippen LogP) is 0.944. The van der Waals surface area contributed by atoms with Gasteiger partial charge in [0.05, 0.1) is 7.11 Å². The minimum atomic E-state index is -2.46. The number of ether oxygens (including phenoxy) is 2. The Hall–Kier alpha value is -1.52. The van der Waals surface area contributed by atoms with E-state index in [1.165, 1.54) is 14.0 Å². The Bertz CT molecular complexity index is 347. The van der Waals surface area contributed by atoms with E-state index in [9.17, 15) is 19.0 Å². The summed E-state index contributed by atoms with van der Waals surface area (Å²) in [6.07, 6.45) is -0.131. The van der Waals surface area contributed by atoms with Gasteiger partial charge in [-0.25, -0.2) is 9.59 Å². The lowest BCUT2D eigenvalue weighted by Crippen LogP contribution is -2.09. The minimum absolute atomic E-state index is 0.0929. The molecule has 0 aromatic carbocycles. The smallest absolute Gasteiger partial charge is 0.333 e. The molecular formula is C11H17O6P. The van der Waals surface area contributed by atoms with Crippen LogP contribution in [0.1, 0.15) is 13.8 Å². The molecule has 0 saturated carbocycles. The molecular weight excluding hydrogens is 259 g/mol. The van der Waals surface area contributed by atoms with Crippen LogP contribution in [0.2, 0.25) is 0 Å². The Balaban J connectivity index is 0. The van der Waals surface area contributed by atoms with E-state index in [-0.39, 0.29) is 24.3 Å². The lowest BCUT2D eigenvalue weighted by molar-refractivity contribution is -0.165. The van der Waals surface area contributed by atoms with E-state index in [1.54, 1.807) is 6.92 Å². The Morgan fingerprint density at radius 1 is 1.17 bits per heavy atom. The Labute approximate surface area is 107 Å². The van der Waals surface area contributed by atoms with Gasteiger partial charge in [-0.3, -0.25) is 0 Å². The van der Waals surface area contributed by atoms with Crippen molar-refractivity contribution in [3.63, 3.8) is 0 Å². The van der Waals surface area contributed by atoms with Gasteiger partial charge in [0.2, 0.25) is 0 Å². The zero-order chi connectivity index (χ0) is 14.7. The highest BCUT2D eigenvalue weighted by Gasteiger charge is 2.05. The zero-order valence-electron chi connectivity index (χ0n) is 10.7. The summed E-state index contributed by atoms with van der Waals surface area (Å²) in [5, 5.41) is 0. The largest absolute Gasteiger partial charge is 0.595 e. The third-order valence-electron chi connectivity index (χ3n) is 1.39. The molecule has 0 aromatic rings. The van der Waals surface area contributed by atoms with Crippen LogP contribution in [0.25, 0.3) is 0 Å². The molecule has 0 fully saturated rings. The molecule has 102 valence electrons. The van der Waals surface area contributed by atoms with Gasteiger partial charge in [0.25, 0.3) is 0 Å². The molecule has 18 heavy (non-hydrogen) atoms. The van der Waals surface area contributed by atoms with E-state index in [2.05, 4.69) is 22.6 Å². The maximum atomic E-state index is 10.6. The van der Waals surface area contributed by atoms with Gasteiger partial charge in [-0.15, -0.1) is 0 Å². The van der Waals surface area contributed by atoms with Crippen LogP contribution >= 0.6 is 8.03 Å². The first-order valence-electron chi connectivity index (χ1n) is 4.90. The molecule has 1 atom stereocenters. The van der Waals surface area contributed by atoms with Crippen LogP contribution < -0.4 is 4.89 Å². The van der Waals surface area contributed by atoms with E-state index >= 15 is 0 Å². The highest BCUT2D eigenvalue weighted by molar-refractivity contribution is 7.36. The number of hydrogen-bond donors (Lipinski definition) is 0.